The highest BCUT2D eigenvalue weighted by atomic mass is 32.2. The number of hydrogen-bond donors (Lipinski definition) is 3. The number of nitrogens with two attached hydrogens (primary N) is 1. The van der Waals surface area contributed by atoms with Crippen molar-refractivity contribution in [1.82, 2.24) is 5.32 Å². The third-order valence-corrected chi connectivity index (χ3v) is 5.80. The first-order valence-electron chi connectivity index (χ1n) is 8.38. The SMILES string of the molecule is Nc1ccccc1CNC1=Nc2ccccc2NC12CCSCC2. The number of nitrogen functional groups attached to an aromatic ring is 1. The Labute approximate surface area is 146 Å². The van der Waals surface area contributed by atoms with Crippen LogP contribution in [0.1, 0.15) is 18.4 Å². The van der Waals surface area contributed by atoms with Crippen molar-refractivity contribution in [3.05, 3.63) is 54.1 Å². The number of nitrogens with zero attached hydrogens (tertiary/aromatic N) is 1. The first-order chi connectivity index (χ1) is 11.8. The Hall–Kier alpha value is -2.14. The number of amidine groups is 1. The van der Waals surface area contributed by atoms with E-state index in [1.54, 1.807) is 0 Å². The van der Waals surface area contributed by atoms with Crippen molar-refractivity contribution >= 4 is 34.7 Å². The molecule has 2 aliphatic rings. The van der Waals surface area contributed by atoms with Crippen molar-refractivity contribution in [2.45, 2.75) is 24.9 Å². The van der Waals surface area contributed by atoms with Gasteiger partial charge in [0.2, 0.25) is 0 Å². The van der Waals surface area contributed by atoms with Gasteiger partial charge in [0.1, 0.15) is 5.84 Å². The van der Waals surface area contributed by atoms with Gasteiger partial charge in [0.15, 0.2) is 0 Å². The molecule has 0 aromatic heterocycles. The Morgan fingerprint density at radius 3 is 2.67 bits per heavy atom. The van der Waals surface area contributed by atoms with Crippen LogP contribution in [0.15, 0.2) is 53.5 Å². The number of hydrogen-bond acceptors (Lipinski definition) is 5. The highest BCUT2D eigenvalue weighted by molar-refractivity contribution is 7.99. The van der Waals surface area contributed by atoms with E-state index in [-0.39, 0.29) is 5.54 Å². The number of para-hydroxylation sites is 3. The number of anilines is 2. The molecule has 2 aromatic carbocycles. The predicted octanol–water partition coefficient (Wildman–Crippen LogP) is 3.78. The van der Waals surface area contributed by atoms with Crippen molar-refractivity contribution in [1.29, 1.82) is 0 Å². The van der Waals surface area contributed by atoms with Crippen LogP contribution in [0.4, 0.5) is 17.1 Å². The van der Waals surface area contributed by atoms with Gasteiger partial charge >= 0.3 is 0 Å². The summed E-state index contributed by atoms with van der Waals surface area (Å²) in [6.45, 7) is 0.699. The normalized spacial score (nSPS) is 18.4. The highest BCUT2D eigenvalue weighted by Crippen LogP contribution is 2.39. The zero-order valence-electron chi connectivity index (χ0n) is 13.6. The molecule has 1 spiro atoms. The van der Waals surface area contributed by atoms with Crippen LogP contribution in [0.25, 0.3) is 0 Å². The maximum Gasteiger partial charge on any atom is 0.128 e. The number of rotatable bonds is 2. The second kappa shape index (κ2) is 6.40. The van der Waals surface area contributed by atoms with Crippen LogP contribution in [0.5, 0.6) is 0 Å². The molecule has 0 aliphatic carbocycles. The number of fused-ring (bicyclic) bond motifs is 1. The molecule has 124 valence electrons. The summed E-state index contributed by atoms with van der Waals surface area (Å²) < 4.78 is 0. The maximum absolute atomic E-state index is 6.08. The van der Waals surface area contributed by atoms with Crippen LogP contribution >= 0.6 is 11.8 Å². The minimum Gasteiger partial charge on any atom is -0.398 e. The summed E-state index contributed by atoms with van der Waals surface area (Å²) in [7, 11) is 0. The average molecular weight is 338 g/mol. The standard InChI is InChI=1S/C19H22N4S/c20-15-6-2-1-5-14(15)13-21-18-19(9-11-24-12-10-19)23-17-8-4-3-7-16(17)22-18/h1-8,23H,9-13,20H2,(H,21,22). The lowest BCUT2D eigenvalue weighted by molar-refractivity contribution is 0.543. The summed E-state index contributed by atoms with van der Waals surface area (Å²) in [5, 5.41) is 7.35. The van der Waals surface area contributed by atoms with Gasteiger partial charge in [-0.1, -0.05) is 30.3 Å². The predicted molar refractivity (Wildman–Crippen MR) is 104 cm³/mol. The Morgan fingerprint density at radius 2 is 1.83 bits per heavy atom. The van der Waals surface area contributed by atoms with Crippen molar-refractivity contribution < 1.29 is 0 Å². The lowest BCUT2D eigenvalue weighted by Gasteiger charge is -2.42. The van der Waals surface area contributed by atoms with Crippen molar-refractivity contribution in [2.24, 2.45) is 4.99 Å². The van der Waals surface area contributed by atoms with E-state index >= 15 is 0 Å². The molecule has 4 rings (SSSR count). The zero-order valence-corrected chi connectivity index (χ0v) is 14.4. The van der Waals surface area contributed by atoms with E-state index in [0.29, 0.717) is 6.54 Å². The van der Waals surface area contributed by atoms with Crippen LogP contribution < -0.4 is 16.4 Å². The fraction of sp³-hybridized carbons (Fsp3) is 0.316. The molecule has 4 nitrogen and oxygen atoms in total. The van der Waals surface area contributed by atoms with Gasteiger partial charge in [-0.05, 0) is 48.1 Å². The summed E-state index contributed by atoms with van der Waals surface area (Å²) in [5.74, 6) is 3.36. The van der Waals surface area contributed by atoms with Crippen LogP contribution in [-0.2, 0) is 6.54 Å². The Kier molecular flexibility index (Phi) is 4.10. The summed E-state index contributed by atoms with van der Waals surface area (Å²) >= 11 is 2.02. The number of nitrogens with one attached hydrogen (secondary N) is 2. The Bertz CT molecular complexity index is 765. The summed E-state index contributed by atoms with van der Waals surface area (Å²) in [6.07, 6.45) is 2.17. The summed E-state index contributed by atoms with van der Waals surface area (Å²) in [5.41, 5.74) is 10.1. The molecule has 0 atom stereocenters. The quantitative estimate of drug-likeness (QED) is 0.729. The zero-order chi connectivity index (χ0) is 16.4. The molecule has 1 saturated heterocycles. The van der Waals surface area contributed by atoms with Crippen molar-refractivity contribution in [3.8, 4) is 0 Å². The molecule has 4 N–H and O–H groups in total. The molecule has 0 amide bonds. The molecule has 0 unspecified atom stereocenters. The van der Waals surface area contributed by atoms with E-state index in [1.807, 2.05) is 36.0 Å². The van der Waals surface area contributed by atoms with Crippen LogP contribution in [0, 0.1) is 0 Å². The van der Waals surface area contributed by atoms with Gasteiger partial charge in [0.25, 0.3) is 0 Å². The van der Waals surface area contributed by atoms with E-state index in [0.717, 1.165) is 52.8 Å². The first kappa shape index (κ1) is 15.4. The molecule has 24 heavy (non-hydrogen) atoms. The molecular weight excluding hydrogens is 316 g/mol. The monoisotopic (exact) mass is 338 g/mol. The molecule has 2 aromatic rings. The van der Waals surface area contributed by atoms with E-state index < -0.39 is 0 Å². The number of aliphatic imine (C=N–C) groups is 1. The largest absolute Gasteiger partial charge is 0.398 e. The molecule has 0 radical (unpaired) electrons. The molecule has 5 heteroatoms. The van der Waals surface area contributed by atoms with Crippen molar-refractivity contribution in [2.75, 3.05) is 22.6 Å². The minimum atomic E-state index is -0.0802. The molecule has 2 heterocycles. The van der Waals surface area contributed by atoms with Gasteiger partial charge in [-0.25, -0.2) is 4.99 Å². The molecule has 1 fully saturated rings. The smallest absolute Gasteiger partial charge is 0.128 e. The topological polar surface area (TPSA) is 62.4 Å². The third kappa shape index (κ3) is 2.84. The van der Waals surface area contributed by atoms with Gasteiger partial charge in [-0.3, -0.25) is 0 Å². The Balaban J connectivity index is 1.64. The summed E-state index contributed by atoms with van der Waals surface area (Å²) in [6, 6.07) is 16.3. The van der Waals surface area contributed by atoms with Crippen LogP contribution in [-0.4, -0.2) is 22.9 Å². The van der Waals surface area contributed by atoms with E-state index in [4.69, 9.17) is 10.7 Å². The van der Waals surface area contributed by atoms with Gasteiger partial charge in [-0.2, -0.15) is 11.8 Å². The number of benzene rings is 2. The first-order valence-corrected chi connectivity index (χ1v) is 9.54. The minimum absolute atomic E-state index is 0.0802. The molecular formula is C19H22N4S. The maximum atomic E-state index is 6.08. The lowest BCUT2D eigenvalue weighted by atomic mass is 9.88. The fourth-order valence-corrected chi connectivity index (χ4v) is 4.58. The fourth-order valence-electron chi connectivity index (χ4n) is 3.39. The average Bonchev–Trinajstić information content (AvgIpc) is 2.62. The van der Waals surface area contributed by atoms with Gasteiger partial charge in [0.05, 0.1) is 16.9 Å². The van der Waals surface area contributed by atoms with Gasteiger partial charge < -0.3 is 16.4 Å². The Morgan fingerprint density at radius 1 is 1.08 bits per heavy atom. The lowest BCUT2D eigenvalue weighted by Crippen LogP contribution is -2.55. The highest BCUT2D eigenvalue weighted by Gasteiger charge is 2.40. The van der Waals surface area contributed by atoms with E-state index in [2.05, 4.69) is 34.9 Å². The van der Waals surface area contributed by atoms with E-state index in [9.17, 15) is 0 Å². The van der Waals surface area contributed by atoms with Crippen molar-refractivity contribution in [3.63, 3.8) is 0 Å². The molecule has 2 aliphatic heterocycles. The number of thioether (sulfide) groups is 1. The van der Waals surface area contributed by atoms with E-state index in [1.165, 1.54) is 0 Å². The molecule has 0 saturated carbocycles. The third-order valence-electron chi connectivity index (χ3n) is 4.81. The van der Waals surface area contributed by atoms with Crippen LogP contribution in [0.2, 0.25) is 0 Å². The second-order valence-electron chi connectivity index (χ2n) is 6.35. The van der Waals surface area contributed by atoms with Gasteiger partial charge in [-0.15, -0.1) is 0 Å². The van der Waals surface area contributed by atoms with Gasteiger partial charge in [0, 0.05) is 12.2 Å². The second-order valence-corrected chi connectivity index (χ2v) is 7.57. The molecule has 0 bridgehead atoms. The van der Waals surface area contributed by atoms with Crippen LogP contribution in [0.3, 0.4) is 0 Å². The summed E-state index contributed by atoms with van der Waals surface area (Å²) in [4.78, 5) is 4.96.